The highest BCUT2D eigenvalue weighted by molar-refractivity contribution is 5.49. The number of hydrazine groups is 1. The highest BCUT2D eigenvalue weighted by atomic mass is 19.1. The Labute approximate surface area is 115 Å². The van der Waals surface area contributed by atoms with Crippen LogP contribution in [0.25, 0.3) is 0 Å². The highest BCUT2D eigenvalue weighted by Gasteiger charge is 2.13. The smallest absolute Gasteiger partial charge is 0.227 e. The van der Waals surface area contributed by atoms with Crippen molar-refractivity contribution in [2.75, 3.05) is 5.43 Å². The zero-order chi connectivity index (χ0) is 14.5. The molecule has 0 aliphatic rings. The third kappa shape index (κ3) is 2.65. The number of benzene rings is 1. The van der Waals surface area contributed by atoms with Gasteiger partial charge in [-0.2, -0.15) is 5.26 Å². The third-order valence-electron chi connectivity index (χ3n) is 2.66. The molecule has 20 heavy (non-hydrogen) atoms. The third-order valence-corrected chi connectivity index (χ3v) is 2.66. The van der Waals surface area contributed by atoms with E-state index in [0.29, 0.717) is 17.8 Å². The van der Waals surface area contributed by atoms with Gasteiger partial charge in [0.2, 0.25) is 5.88 Å². The second-order valence-corrected chi connectivity index (χ2v) is 3.86. The molecule has 1 aromatic heterocycles. The van der Waals surface area contributed by atoms with E-state index in [1.807, 2.05) is 13.0 Å². The summed E-state index contributed by atoms with van der Waals surface area (Å²) in [6, 6.07) is 5.80. The number of nitrogens with two attached hydrogens (primary N) is 1. The molecule has 0 saturated carbocycles. The molecule has 0 aliphatic carbocycles. The number of nitriles is 1. The molecular weight excluding hydrogens is 261 g/mol. The van der Waals surface area contributed by atoms with Crippen LogP contribution < -0.4 is 16.0 Å². The van der Waals surface area contributed by atoms with E-state index in [1.165, 1.54) is 18.5 Å². The first-order valence-electron chi connectivity index (χ1n) is 5.87. The zero-order valence-corrected chi connectivity index (χ0v) is 10.7. The standard InChI is InChI=1S/C13H12FN5O/c1-2-9-12(19-16)17-7-18-13(9)20-11-4-3-8(6-15)5-10(11)14/h3-5,7H,2,16H2,1H3,(H,17,18,19). The van der Waals surface area contributed by atoms with E-state index in [0.717, 1.165) is 6.07 Å². The summed E-state index contributed by atoms with van der Waals surface area (Å²) in [6.07, 6.45) is 1.83. The molecule has 0 spiro atoms. The summed E-state index contributed by atoms with van der Waals surface area (Å²) in [4.78, 5) is 7.93. The van der Waals surface area contributed by atoms with E-state index in [4.69, 9.17) is 15.8 Å². The van der Waals surface area contributed by atoms with Crippen LogP contribution in [0.2, 0.25) is 0 Å². The van der Waals surface area contributed by atoms with Gasteiger partial charge in [0.25, 0.3) is 0 Å². The van der Waals surface area contributed by atoms with Crippen LogP contribution >= 0.6 is 0 Å². The van der Waals surface area contributed by atoms with Crippen molar-refractivity contribution in [1.29, 1.82) is 5.26 Å². The molecule has 0 radical (unpaired) electrons. The first-order chi connectivity index (χ1) is 9.69. The van der Waals surface area contributed by atoms with Crippen molar-refractivity contribution in [3.8, 4) is 17.7 Å². The lowest BCUT2D eigenvalue weighted by Gasteiger charge is -2.12. The molecule has 0 atom stereocenters. The fraction of sp³-hybridized carbons (Fsp3) is 0.154. The van der Waals surface area contributed by atoms with Crippen molar-refractivity contribution in [1.82, 2.24) is 9.97 Å². The molecule has 0 bridgehead atoms. The lowest BCUT2D eigenvalue weighted by Crippen LogP contribution is -2.12. The van der Waals surface area contributed by atoms with Crippen LogP contribution in [-0.2, 0) is 6.42 Å². The minimum atomic E-state index is -0.632. The number of nitrogens with one attached hydrogen (secondary N) is 1. The molecule has 2 aromatic rings. The van der Waals surface area contributed by atoms with Gasteiger partial charge in [0.1, 0.15) is 12.1 Å². The Bertz CT molecular complexity index is 668. The highest BCUT2D eigenvalue weighted by Crippen LogP contribution is 2.28. The van der Waals surface area contributed by atoms with Gasteiger partial charge in [0.05, 0.1) is 17.2 Å². The summed E-state index contributed by atoms with van der Waals surface area (Å²) in [5.41, 5.74) is 3.30. The Morgan fingerprint density at radius 3 is 2.85 bits per heavy atom. The van der Waals surface area contributed by atoms with Crippen molar-refractivity contribution in [2.45, 2.75) is 13.3 Å². The van der Waals surface area contributed by atoms with Gasteiger partial charge < -0.3 is 10.2 Å². The van der Waals surface area contributed by atoms with Gasteiger partial charge in [-0.25, -0.2) is 20.2 Å². The number of hydrogen-bond acceptors (Lipinski definition) is 6. The van der Waals surface area contributed by atoms with Gasteiger partial charge in [-0.05, 0) is 24.6 Å². The minimum absolute atomic E-state index is 0.0135. The molecule has 3 N–H and O–H groups in total. The van der Waals surface area contributed by atoms with Crippen molar-refractivity contribution in [3.05, 3.63) is 41.5 Å². The molecule has 2 rings (SSSR count). The maximum absolute atomic E-state index is 13.8. The lowest BCUT2D eigenvalue weighted by atomic mass is 10.2. The summed E-state index contributed by atoms with van der Waals surface area (Å²) < 4.78 is 19.2. The molecule has 7 heteroatoms. The van der Waals surface area contributed by atoms with Crippen LogP contribution in [0.5, 0.6) is 11.6 Å². The number of hydrogen-bond donors (Lipinski definition) is 2. The van der Waals surface area contributed by atoms with Crippen molar-refractivity contribution >= 4 is 5.82 Å². The number of ether oxygens (including phenoxy) is 1. The van der Waals surface area contributed by atoms with Gasteiger partial charge in [0, 0.05) is 0 Å². The van der Waals surface area contributed by atoms with Gasteiger partial charge >= 0.3 is 0 Å². The van der Waals surface area contributed by atoms with E-state index in [2.05, 4.69) is 15.4 Å². The van der Waals surface area contributed by atoms with Gasteiger partial charge in [-0.15, -0.1) is 0 Å². The van der Waals surface area contributed by atoms with Crippen LogP contribution in [0.15, 0.2) is 24.5 Å². The molecule has 0 unspecified atom stereocenters. The quantitative estimate of drug-likeness (QED) is 0.654. The van der Waals surface area contributed by atoms with E-state index in [-0.39, 0.29) is 17.2 Å². The lowest BCUT2D eigenvalue weighted by molar-refractivity contribution is 0.422. The maximum Gasteiger partial charge on any atom is 0.227 e. The van der Waals surface area contributed by atoms with Crippen molar-refractivity contribution in [3.63, 3.8) is 0 Å². The Morgan fingerprint density at radius 2 is 2.25 bits per heavy atom. The molecule has 6 nitrogen and oxygen atoms in total. The number of aromatic nitrogens is 2. The molecular formula is C13H12FN5O. The Kier molecular flexibility index (Phi) is 4.08. The summed E-state index contributed by atoms with van der Waals surface area (Å²) in [6.45, 7) is 1.88. The van der Waals surface area contributed by atoms with Crippen LogP contribution in [0.3, 0.4) is 0 Å². The second-order valence-electron chi connectivity index (χ2n) is 3.86. The maximum atomic E-state index is 13.8. The Hall–Kier alpha value is -2.72. The van der Waals surface area contributed by atoms with Crippen LogP contribution in [-0.4, -0.2) is 9.97 Å². The van der Waals surface area contributed by atoms with Crippen LogP contribution in [0.1, 0.15) is 18.1 Å². The normalized spacial score (nSPS) is 9.90. The number of nitrogen functional groups attached to an aromatic ring is 1. The molecule has 0 fully saturated rings. The van der Waals surface area contributed by atoms with E-state index < -0.39 is 5.82 Å². The molecule has 0 saturated heterocycles. The SMILES string of the molecule is CCc1c(NN)ncnc1Oc1ccc(C#N)cc1F. The summed E-state index contributed by atoms with van der Waals surface area (Å²) in [5.74, 6) is 5.35. The Morgan fingerprint density at radius 1 is 1.45 bits per heavy atom. The van der Waals surface area contributed by atoms with Crippen molar-refractivity contribution < 1.29 is 9.13 Å². The summed E-state index contributed by atoms with van der Waals surface area (Å²) >= 11 is 0. The topological polar surface area (TPSA) is 96.8 Å². The van der Waals surface area contributed by atoms with Gasteiger partial charge in [-0.1, -0.05) is 6.92 Å². The second kappa shape index (κ2) is 5.95. The minimum Gasteiger partial charge on any atom is -0.435 e. The van der Waals surface area contributed by atoms with Crippen molar-refractivity contribution in [2.24, 2.45) is 5.84 Å². The molecule has 1 heterocycles. The fourth-order valence-electron chi connectivity index (χ4n) is 1.68. The van der Waals surface area contributed by atoms with Crippen LogP contribution in [0, 0.1) is 17.1 Å². The molecule has 102 valence electrons. The number of halogens is 1. The largest absolute Gasteiger partial charge is 0.435 e. The average molecular weight is 273 g/mol. The van der Waals surface area contributed by atoms with E-state index in [1.54, 1.807) is 0 Å². The monoisotopic (exact) mass is 273 g/mol. The predicted molar refractivity (Wildman–Crippen MR) is 70.4 cm³/mol. The fourth-order valence-corrected chi connectivity index (χ4v) is 1.68. The van der Waals surface area contributed by atoms with E-state index >= 15 is 0 Å². The summed E-state index contributed by atoms with van der Waals surface area (Å²) in [7, 11) is 0. The van der Waals surface area contributed by atoms with E-state index in [9.17, 15) is 4.39 Å². The molecule has 0 amide bonds. The first kappa shape index (κ1) is 13.7. The number of nitrogens with zero attached hydrogens (tertiary/aromatic N) is 3. The predicted octanol–water partition coefficient (Wildman–Crippen LogP) is 2.13. The first-order valence-corrected chi connectivity index (χ1v) is 5.87. The Balaban J connectivity index is 2.38. The summed E-state index contributed by atoms with van der Waals surface area (Å²) in [5, 5.41) is 8.69. The zero-order valence-electron chi connectivity index (χ0n) is 10.7. The number of rotatable bonds is 4. The van der Waals surface area contributed by atoms with Gasteiger partial charge in [-0.3, -0.25) is 0 Å². The van der Waals surface area contributed by atoms with Gasteiger partial charge in [0.15, 0.2) is 11.6 Å². The molecule has 0 aliphatic heterocycles. The number of anilines is 1. The van der Waals surface area contributed by atoms with Crippen LogP contribution in [0.4, 0.5) is 10.2 Å². The molecule has 1 aromatic carbocycles. The average Bonchev–Trinajstić information content (AvgIpc) is 2.48.